The lowest BCUT2D eigenvalue weighted by Crippen LogP contribution is -2.57. The largest absolute Gasteiger partial charge is 0.436 e. The highest BCUT2D eigenvalue weighted by molar-refractivity contribution is 7.89. The molecule has 12 nitrogen and oxygen atoms in total. The average Bonchev–Trinajstić information content (AvgIpc) is 3.05. The molecule has 0 aliphatic heterocycles. The van der Waals surface area contributed by atoms with Crippen LogP contribution in [0, 0.1) is 12.8 Å². The number of hydrogen-bond acceptors (Lipinski definition) is 8. The van der Waals surface area contributed by atoms with Gasteiger partial charge >= 0.3 is 6.09 Å². The molecule has 0 radical (unpaired) electrons. The molecule has 0 spiro atoms. The number of nitrogens with one attached hydrogen (secondary N) is 4. The molecular formula is C33H40Cl2N4O8S. The minimum absolute atomic E-state index is 0.0492. The van der Waals surface area contributed by atoms with Crippen molar-refractivity contribution < 1.29 is 37.8 Å². The first-order valence-electron chi connectivity index (χ1n) is 15.1. The Morgan fingerprint density at radius 1 is 0.833 bits per heavy atom. The fraction of sp³-hybridized carbons (Fsp3) is 0.364. The average molecular weight is 724 g/mol. The lowest BCUT2D eigenvalue weighted by Gasteiger charge is -2.30. The first kappa shape index (κ1) is 38.7. The van der Waals surface area contributed by atoms with Crippen molar-refractivity contribution in [3.05, 3.63) is 99.5 Å². The number of aliphatic hydroxyl groups is 2. The Bertz CT molecular complexity index is 1640. The van der Waals surface area contributed by atoms with E-state index in [1.54, 1.807) is 32.0 Å². The summed E-state index contributed by atoms with van der Waals surface area (Å²) in [6, 6.07) is 18.6. The Morgan fingerprint density at radius 3 is 2.12 bits per heavy atom. The summed E-state index contributed by atoms with van der Waals surface area (Å²) in [7, 11) is -3.84. The van der Waals surface area contributed by atoms with E-state index in [0.717, 1.165) is 11.1 Å². The van der Waals surface area contributed by atoms with Gasteiger partial charge in [-0.05, 0) is 54.7 Å². The van der Waals surface area contributed by atoms with Gasteiger partial charge in [-0.1, -0.05) is 91.1 Å². The molecule has 3 aromatic rings. The number of sulfonamides is 1. The topological polar surface area (TPSA) is 183 Å². The smallest absolute Gasteiger partial charge is 0.408 e. The molecule has 0 bridgehead atoms. The van der Waals surface area contributed by atoms with Crippen LogP contribution in [-0.4, -0.2) is 74.0 Å². The molecule has 15 heteroatoms. The lowest BCUT2D eigenvalue weighted by molar-refractivity contribution is -0.140. The predicted octanol–water partition coefficient (Wildman–Crippen LogP) is 3.10. The molecule has 0 fully saturated rings. The van der Waals surface area contributed by atoms with Gasteiger partial charge in [0.1, 0.15) is 6.10 Å². The van der Waals surface area contributed by atoms with Crippen LogP contribution in [0.4, 0.5) is 4.79 Å². The van der Waals surface area contributed by atoms with E-state index < -0.39 is 58.2 Å². The van der Waals surface area contributed by atoms with Gasteiger partial charge in [0, 0.05) is 19.6 Å². The van der Waals surface area contributed by atoms with Crippen LogP contribution in [0.25, 0.3) is 0 Å². The van der Waals surface area contributed by atoms with Crippen LogP contribution in [0.5, 0.6) is 0 Å². The highest BCUT2D eigenvalue weighted by Crippen LogP contribution is 2.24. The Balaban J connectivity index is 1.67. The first-order valence-corrected chi connectivity index (χ1v) is 17.3. The van der Waals surface area contributed by atoms with E-state index in [4.69, 9.17) is 27.9 Å². The molecule has 0 aliphatic rings. The quantitative estimate of drug-likeness (QED) is 0.122. The van der Waals surface area contributed by atoms with Gasteiger partial charge in [0.15, 0.2) is 12.2 Å². The second-order valence-corrected chi connectivity index (χ2v) is 14.0. The van der Waals surface area contributed by atoms with Gasteiger partial charge in [0.25, 0.3) is 11.8 Å². The Labute approximate surface area is 290 Å². The molecule has 260 valence electrons. The number of alkyl carbamates (subject to hydrolysis) is 1. The summed E-state index contributed by atoms with van der Waals surface area (Å²) in [4.78, 5) is 38.9. The van der Waals surface area contributed by atoms with Crippen molar-refractivity contribution in [3.63, 3.8) is 0 Å². The zero-order valence-electron chi connectivity index (χ0n) is 26.7. The van der Waals surface area contributed by atoms with Gasteiger partial charge in [-0.25, -0.2) is 17.9 Å². The highest BCUT2D eigenvalue weighted by Gasteiger charge is 2.35. The van der Waals surface area contributed by atoms with Crippen molar-refractivity contribution in [2.45, 2.75) is 63.0 Å². The maximum absolute atomic E-state index is 13.4. The molecule has 6 N–H and O–H groups in total. The van der Waals surface area contributed by atoms with E-state index >= 15 is 0 Å². The second-order valence-electron chi connectivity index (χ2n) is 11.4. The van der Waals surface area contributed by atoms with Crippen molar-refractivity contribution in [3.8, 4) is 0 Å². The molecule has 0 saturated carbocycles. The number of amides is 3. The minimum Gasteiger partial charge on any atom is -0.436 e. The predicted molar refractivity (Wildman–Crippen MR) is 182 cm³/mol. The fourth-order valence-corrected chi connectivity index (χ4v) is 5.87. The van der Waals surface area contributed by atoms with Crippen molar-refractivity contribution in [1.82, 2.24) is 20.7 Å². The van der Waals surface area contributed by atoms with Gasteiger partial charge in [-0.3, -0.25) is 9.59 Å². The van der Waals surface area contributed by atoms with E-state index in [2.05, 4.69) is 20.7 Å². The summed E-state index contributed by atoms with van der Waals surface area (Å²) < 4.78 is 32.8. The molecule has 4 unspecified atom stereocenters. The van der Waals surface area contributed by atoms with Crippen molar-refractivity contribution in [2.24, 2.45) is 5.92 Å². The van der Waals surface area contributed by atoms with Crippen LogP contribution >= 0.6 is 23.2 Å². The van der Waals surface area contributed by atoms with Crippen molar-refractivity contribution >= 4 is 51.1 Å². The number of aryl methyl sites for hydroxylation is 1. The third-order valence-electron chi connectivity index (χ3n) is 7.20. The summed E-state index contributed by atoms with van der Waals surface area (Å²) in [6.45, 7) is 4.90. The Morgan fingerprint density at radius 2 is 1.50 bits per heavy atom. The highest BCUT2D eigenvalue weighted by atomic mass is 35.5. The van der Waals surface area contributed by atoms with Crippen LogP contribution < -0.4 is 20.7 Å². The number of rotatable bonds is 16. The van der Waals surface area contributed by atoms with Crippen LogP contribution in [-0.2, 0) is 37.3 Å². The molecule has 0 heterocycles. The number of halogens is 2. The zero-order valence-corrected chi connectivity index (χ0v) is 29.0. The number of aliphatic hydroxyl groups excluding tert-OH is 2. The molecule has 0 aromatic heterocycles. The van der Waals surface area contributed by atoms with E-state index in [9.17, 15) is 33.0 Å². The zero-order chi connectivity index (χ0) is 35.4. The second kappa shape index (κ2) is 18.2. The third-order valence-corrected chi connectivity index (χ3v) is 9.41. The Kier molecular flexibility index (Phi) is 14.6. The minimum atomic E-state index is -3.84. The summed E-state index contributed by atoms with van der Waals surface area (Å²) in [6.07, 6.45) is -6.13. The number of hydrogen-bond donors (Lipinski definition) is 6. The fourth-order valence-electron chi connectivity index (χ4n) is 4.51. The summed E-state index contributed by atoms with van der Waals surface area (Å²) in [5.74, 6) is -2.28. The maximum Gasteiger partial charge on any atom is 0.408 e. The molecule has 0 saturated heterocycles. The normalized spacial score (nSPS) is 14.0. The molecule has 3 amide bonds. The van der Waals surface area contributed by atoms with Gasteiger partial charge in [0.05, 0.1) is 21.0 Å². The van der Waals surface area contributed by atoms with Gasteiger partial charge in [-0.2, -0.15) is 0 Å². The molecule has 4 atom stereocenters. The molecule has 3 rings (SSSR count). The van der Waals surface area contributed by atoms with Crippen LogP contribution in [0.1, 0.15) is 30.5 Å². The molecule has 48 heavy (non-hydrogen) atoms. The van der Waals surface area contributed by atoms with Gasteiger partial charge in [0.2, 0.25) is 10.0 Å². The summed E-state index contributed by atoms with van der Waals surface area (Å²) >= 11 is 12.2. The number of benzene rings is 3. The first-order chi connectivity index (χ1) is 22.7. The lowest BCUT2D eigenvalue weighted by atomic mass is 9.96. The number of carbonyl (C=O) groups is 3. The SMILES string of the molecule is Cc1ccc(S(=O)(=O)NCCNC(=O)C(O)C(O)C(Cc2ccc(Cl)c(Cl)c2)NC(=O)C(OC(=O)NCc2ccccc2)C(C)C)cc1. The van der Waals surface area contributed by atoms with E-state index in [1.807, 2.05) is 37.3 Å². The van der Waals surface area contributed by atoms with Gasteiger partial charge in [-0.15, -0.1) is 0 Å². The number of ether oxygens (including phenoxy) is 1. The molecule has 0 aliphatic carbocycles. The molecule has 3 aromatic carbocycles. The summed E-state index contributed by atoms with van der Waals surface area (Å²) in [5.41, 5.74) is 2.22. The Hall–Kier alpha value is -3.72. The van der Waals surface area contributed by atoms with Crippen molar-refractivity contribution in [1.29, 1.82) is 0 Å². The maximum atomic E-state index is 13.4. The van der Waals surface area contributed by atoms with E-state index in [1.165, 1.54) is 24.3 Å². The van der Waals surface area contributed by atoms with Crippen molar-refractivity contribution in [2.75, 3.05) is 13.1 Å². The van der Waals surface area contributed by atoms with E-state index in [0.29, 0.717) is 5.56 Å². The standard InChI is InChI=1S/C33H40Cl2N4O8S/c1-20(2)30(47-33(44)37-19-22-7-5-4-6-8-22)32(43)39-27(18-23-11-14-25(34)26(35)17-23)28(40)29(41)31(42)36-15-16-38-48(45,46)24-12-9-21(3)10-13-24/h4-14,17,20,27-30,38,40-41H,15-16,18-19H2,1-3H3,(H,36,42)(H,37,44)(H,39,43). The molecular weight excluding hydrogens is 683 g/mol. The van der Waals surface area contributed by atoms with Crippen LogP contribution in [0.15, 0.2) is 77.7 Å². The summed E-state index contributed by atoms with van der Waals surface area (Å²) in [5, 5.41) is 30.0. The monoisotopic (exact) mass is 722 g/mol. The van der Waals surface area contributed by atoms with E-state index in [-0.39, 0.29) is 41.0 Å². The third kappa shape index (κ3) is 11.8. The van der Waals surface area contributed by atoms with Crippen LogP contribution in [0.3, 0.4) is 0 Å². The van der Waals surface area contributed by atoms with Gasteiger partial charge < -0.3 is 30.9 Å². The van der Waals surface area contributed by atoms with Crippen LogP contribution in [0.2, 0.25) is 10.0 Å². The number of carbonyl (C=O) groups excluding carboxylic acids is 3.